The van der Waals surface area contributed by atoms with Crippen molar-refractivity contribution in [2.75, 3.05) is 5.43 Å². The Morgan fingerprint density at radius 2 is 1.92 bits per heavy atom. The van der Waals surface area contributed by atoms with Crippen molar-refractivity contribution in [1.82, 2.24) is 9.97 Å². The number of hydrogen-bond acceptors (Lipinski definition) is 4. The van der Waals surface area contributed by atoms with Crippen LogP contribution in [0.5, 0.6) is 5.75 Å². The largest absolute Gasteiger partial charge is 0.489 e. The van der Waals surface area contributed by atoms with E-state index >= 15 is 0 Å². The second-order valence-electron chi connectivity index (χ2n) is 5.45. The standard InChI is InChI=1S/C17H16I2N4O/c1-10(2)24-16-12(18)7-11(8-13(16)19)9-20-23-17-21-14-5-3-4-6-15(14)22-17/h3-10H,1-2H3,(H2,21,22,23)/b20-9-. The van der Waals surface area contributed by atoms with Crippen LogP contribution in [0, 0.1) is 7.14 Å². The summed E-state index contributed by atoms with van der Waals surface area (Å²) in [5.41, 5.74) is 5.83. The molecule has 0 saturated heterocycles. The molecule has 0 fully saturated rings. The Kier molecular flexibility index (Phi) is 5.59. The van der Waals surface area contributed by atoms with Gasteiger partial charge in [-0.2, -0.15) is 5.10 Å². The number of ether oxygens (including phenoxy) is 1. The van der Waals surface area contributed by atoms with E-state index in [4.69, 9.17) is 4.74 Å². The molecule has 0 aliphatic heterocycles. The minimum Gasteiger partial charge on any atom is -0.489 e. The Balaban J connectivity index is 1.74. The molecule has 0 atom stereocenters. The molecule has 0 saturated carbocycles. The third kappa shape index (κ3) is 4.18. The highest BCUT2D eigenvalue weighted by Gasteiger charge is 2.09. The maximum atomic E-state index is 5.85. The van der Waals surface area contributed by atoms with Gasteiger partial charge in [0.25, 0.3) is 0 Å². The van der Waals surface area contributed by atoms with Gasteiger partial charge in [0.1, 0.15) is 5.75 Å². The van der Waals surface area contributed by atoms with E-state index in [-0.39, 0.29) is 6.10 Å². The zero-order valence-corrected chi connectivity index (χ0v) is 17.5. The average Bonchev–Trinajstić information content (AvgIpc) is 2.93. The highest BCUT2D eigenvalue weighted by Crippen LogP contribution is 2.29. The lowest BCUT2D eigenvalue weighted by atomic mass is 10.2. The lowest BCUT2D eigenvalue weighted by Gasteiger charge is -2.14. The number of hydrogen-bond donors (Lipinski definition) is 2. The maximum Gasteiger partial charge on any atom is 0.222 e. The lowest BCUT2D eigenvalue weighted by molar-refractivity contribution is 0.239. The number of nitrogens with zero attached hydrogens (tertiary/aromatic N) is 2. The number of anilines is 1. The molecule has 2 aromatic carbocycles. The minimum absolute atomic E-state index is 0.154. The number of benzene rings is 2. The summed E-state index contributed by atoms with van der Waals surface area (Å²) in [6, 6.07) is 12.0. The average molecular weight is 546 g/mol. The van der Waals surface area contributed by atoms with E-state index in [9.17, 15) is 0 Å². The summed E-state index contributed by atoms with van der Waals surface area (Å²) in [5.74, 6) is 1.55. The highest BCUT2D eigenvalue weighted by atomic mass is 127. The second-order valence-corrected chi connectivity index (χ2v) is 7.78. The quantitative estimate of drug-likeness (QED) is 0.269. The summed E-state index contributed by atoms with van der Waals surface area (Å²) in [5, 5.41) is 4.26. The van der Waals surface area contributed by atoms with E-state index in [1.807, 2.05) is 50.2 Å². The summed E-state index contributed by atoms with van der Waals surface area (Å²) < 4.78 is 7.98. The Morgan fingerprint density at radius 3 is 2.58 bits per heavy atom. The number of nitrogens with one attached hydrogen (secondary N) is 2. The Hall–Kier alpha value is -1.36. The molecule has 124 valence electrons. The first-order chi connectivity index (χ1) is 11.5. The van der Waals surface area contributed by atoms with Crippen molar-refractivity contribution in [3.8, 4) is 5.75 Å². The molecule has 24 heavy (non-hydrogen) atoms. The normalized spacial score (nSPS) is 11.5. The second kappa shape index (κ2) is 7.68. The van der Waals surface area contributed by atoms with Crippen LogP contribution in [-0.4, -0.2) is 22.3 Å². The number of aromatic nitrogens is 2. The molecule has 0 unspecified atom stereocenters. The lowest BCUT2D eigenvalue weighted by Crippen LogP contribution is -2.08. The molecule has 5 nitrogen and oxygen atoms in total. The van der Waals surface area contributed by atoms with Crippen LogP contribution in [-0.2, 0) is 0 Å². The van der Waals surface area contributed by atoms with Crippen molar-refractivity contribution in [1.29, 1.82) is 0 Å². The van der Waals surface area contributed by atoms with E-state index in [1.165, 1.54) is 0 Å². The monoisotopic (exact) mass is 546 g/mol. The first-order valence-corrected chi connectivity index (χ1v) is 9.58. The summed E-state index contributed by atoms with van der Waals surface area (Å²) in [6.07, 6.45) is 1.93. The van der Waals surface area contributed by atoms with Crippen molar-refractivity contribution in [2.45, 2.75) is 20.0 Å². The van der Waals surface area contributed by atoms with Crippen molar-refractivity contribution in [3.63, 3.8) is 0 Å². The number of halogens is 2. The van der Waals surface area contributed by atoms with Crippen LogP contribution >= 0.6 is 45.2 Å². The van der Waals surface area contributed by atoms with Gasteiger partial charge in [-0.3, -0.25) is 0 Å². The third-order valence-corrected chi connectivity index (χ3v) is 4.75. The molecular formula is C17H16I2N4O. The fraction of sp³-hybridized carbons (Fsp3) is 0.176. The number of hydrazone groups is 1. The van der Waals surface area contributed by atoms with Crippen LogP contribution in [0.4, 0.5) is 5.95 Å². The maximum absolute atomic E-state index is 5.85. The Bertz CT molecular complexity index is 833. The SMILES string of the molecule is CC(C)Oc1c(I)cc(/C=N\Nc2nc3ccccc3[nH]2)cc1I. The van der Waals surface area contributed by atoms with Gasteiger partial charge in [0.15, 0.2) is 0 Å². The smallest absolute Gasteiger partial charge is 0.222 e. The van der Waals surface area contributed by atoms with Crippen molar-refractivity contribution >= 4 is 68.4 Å². The summed E-state index contributed by atoms with van der Waals surface area (Å²) in [7, 11) is 0. The molecule has 7 heteroatoms. The van der Waals surface area contributed by atoms with Crippen LogP contribution in [0.25, 0.3) is 11.0 Å². The fourth-order valence-corrected chi connectivity index (χ4v) is 4.25. The number of rotatable bonds is 5. The van der Waals surface area contributed by atoms with Crippen LogP contribution in [0.3, 0.4) is 0 Å². The number of imidazole rings is 1. The van der Waals surface area contributed by atoms with E-state index < -0.39 is 0 Å². The van der Waals surface area contributed by atoms with Gasteiger partial charge < -0.3 is 9.72 Å². The van der Waals surface area contributed by atoms with Crippen LogP contribution in [0.2, 0.25) is 0 Å². The van der Waals surface area contributed by atoms with Gasteiger partial charge in [0, 0.05) is 0 Å². The predicted molar refractivity (Wildman–Crippen MR) is 115 cm³/mol. The van der Waals surface area contributed by atoms with Crippen LogP contribution in [0.1, 0.15) is 19.4 Å². The molecule has 0 aliphatic carbocycles. The zero-order valence-electron chi connectivity index (χ0n) is 13.2. The fourth-order valence-electron chi connectivity index (χ4n) is 2.18. The van der Waals surface area contributed by atoms with Gasteiger partial charge in [0.05, 0.1) is 30.5 Å². The van der Waals surface area contributed by atoms with Gasteiger partial charge >= 0.3 is 0 Å². The summed E-state index contributed by atoms with van der Waals surface area (Å²) in [4.78, 5) is 7.60. The van der Waals surface area contributed by atoms with Crippen LogP contribution in [0.15, 0.2) is 41.5 Å². The summed E-state index contributed by atoms with van der Waals surface area (Å²) in [6.45, 7) is 4.05. The molecule has 3 rings (SSSR count). The van der Waals surface area contributed by atoms with E-state index in [0.29, 0.717) is 5.95 Å². The van der Waals surface area contributed by atoms with Crippen molar-refractivity contribution in [3.05, 3.63) is 49.1 Å². The van der Waals surface area contributed by atoms with Gasteiger partial charge in [-0.15, -0.1) is 0 Å². The van der Waals surface area contributed by atoms with Gasteiger partial charge in [-0.05, 0) is 88.9 Å². The van der Waals surface area contributed by atoms with Gasteiger partial charge in [-0.25, -0.2) is 10.4 Å². The molecule has 1 aromatic heterocycles. The number of para-hydroxylation sites is 2. The number of H-pyrrole nitrogens is 1. The van der Waals surface area contributed by atoms with Gasteiger partial charge in [0.2, 0.25) is 5.95 Å². The van der Waals surface area contributed by atoms with E-state index in [1.54, 1.807) is 6.21 Å². The molecule has 2 N–H and O–H groups in total. The van der Waals surface area contributed by atoms with E-state index in [2.05, 4.69) is 65.7 Å². The van der Waals surface area contributed by atoms with E-state index in [0.717, 1.165) is 29.5 Å². The number of aromatic amines is 1. The molecule has 0 spiro atoms. The van der Waals surface area contributed by atoms with Crippen molar-refractivity contribution in [2.24, 2.45) is 5.10 Å². The summed E-state index contributed by atoms with van der Waals surface area (Å²) >= 11 is 4.57. The highest BCUT2D eigenvalue weighted by molar-refractivity contribution is 14.1. The minimum atomic E-state index is 0.154. The van der Waals surface area contributed by atoms with Crippen molar-refractivity contribution < 1.29 is 4.74 Å². The molecule has 3 aromatic rings. The molecule has 1 heterocycles. The number of fused-ring (bicyclic) bond motifs is 1. The zero-order chi connectivity index (χ0) is 17.1. The Morgan fingerprint density at radius 1 is 1.21 bits per heavy atom. The van der Waals surface area contributed by atoms with Gasteiger partial charge in [-0.1, -0.05) is 12.1 Å². The predicted octanol–water partition coefficient (Wildman–Crippen LogP) is 5.01. The third-order valence-electron chi connectivity index (χ3n) is 3.15. The molecular weight excluding hydrogens is 530 g/mol. The Labute approximate surface area is 167 Å². The molecule has 0 bridgehead atoms. The first-order valence-electron chi connectivity index (χ1n) is 7.42. The first kappa shape index (κ1) is 17.5. The molecule has 0 amide bonds. The molecule has 0 aliphatic rings. The topological polar surface area (TPSA) is 62.3 Å². The molecule has 0 radical (unpaired) electrons. The van der Waals surface area contributed by atoms with Crippen LogP contribution < -0.4 is 10.2 Å².